The largest absolute Gasteiger partial charge is 0.451 e. The molecule has 1 heterocycles. The van der Waals surface area contributed by atoms with Crippen LogP contribution in [0.1, 0.15) is 12.7 Å². The number of hydrogen-bond donors (Lipinski definition) is 1. The second-order valence-corrected chi connectivity index (χ2v) is 3.56. The molecule has 18 heavy (non-hydrogen) atoms. The molecule has 0 fully saturated rings. The summed E-state index contributed by atoms with van der Waals surface area (Å²) < 4.78 is 51.3. The lowest BCUT2D eigenvalue weighted by atomic mass is 10.2. The first-order valence-electron chi connectivity index (χ1n) is 5.21. The van der Waals surface area contributed by atoms with Gasteiger partial charge in [0.2, 0.25) is 5.82 Å². The van der Waals surface area contributed by atoms with E-state index in [-0.39, 0.29) is 16.7 Å². The average Bonchev–Trinajstić information content (AvgIpc) is 2.29. The van der Waals surface area contributed by atoms with Gasteiger partial charge in [0.1, 0.15) is 17.2 Å². The molecule has 0 aliphatic carbocycles. The summed E-state index contributed by atoms with van der Waals surface area (Å²) in [6, 6.07) is 3.93. The second-order valence-electron chi connectivity index (χ2n) is 3.56. The Bertz CT molecular complexity index is 580. The molecule has 0 atom stereocenters. The normalized spacial score (nSPS) is 11.8. The number of aromatic nitrogens is 2. The topological polar surface area (TPSA) is 37.8 Å². The number of rotatable bonds is 2. The minimum Gasteiger partial charge on any atom is -0.370 e. The number of halogens is 4. The third kappa shape index (κ3) is 2.20. The van der Waals surface area contributed by atoms with E-state index < -0.39 is 17.8 Å². The van der Waals surface area contributed by atoms with Crippen LogP contribution in [-0.4, -0.2) is 16.5 Å². The van der Waals surface area contributed by atoms with Gasteiger partial charge in [-0.25, -0.2) is 14.4 Å². The number of alkyl halides is 3. The van der Waals surface area contributed by atoms with E-state index >= 15 is 0 Å². The predicted octanol–water partition coefficient (Wildman–Crippen LogP) is 3.22. The lowest BCUT2D eigenvalue weighted by molar-refractivity contribution is -0.144. The maximum Gasteiger partial charge on any atom is 0.451 e. The van der Waals surface area contributed by atoms with Gasteiger partial charge < -0.3 is 5.32 Å². The fraction of sp³-hybridized carbons (Fsp3) is 0.273. The van der Waals surface area contributed by atoms with Crippen LogP contribution in [0.3, 0.4) is 0 Å². The third-order valence-electron chi connectivity index (χ3n) is 2.28. The SMILES string of the molecule is CCNc1nc(C(F)(F)F)nc2c(F)cccc12. The quantitative estimate of drug-likeness (QED) is 0.841. The summed E-state index contributed by atoms with van der Waals surface area (Å²) in [5.41, 5.74) is -0.337. The summed E-state index contributed by atoms with van der Waals surface area (Å²) in [4.78, 5) is 6.63. The lowest BCUT2D eigenvalue weighted by Crippen LogP contribution is -2.14. The molecule has 1 aromatic carbocycles. The van der Waals surface area contributed by atoms with Gasteiger partial charge in [-0.1, -0.05) is 6.07 Å². The van der Waals surface area contributed by atoms with Crippen molar-refractivity contribution in [2.24, 2.45) is 0 Å². The van der Waals surface area contributed by atoms with Crippen LogP contribution in [0.25, 0.3) is 10.9 Å². The summed E-state index contributed by atoms with van der Waals surface area (Å²) in [6.45, 7) is 2.08. The molecule has 0 aliphatic rings. The molecule has 0 amide bonds. The van der Waals surface area contributed by atoms with Crippen molar-refractivity contribution < 1.29 is 17.6 Å². The number of para-hydroxylation sites is 1. The van der Waals surface area contributed by atoms with Crippen LogP contribution in [0.15, 0.2) is 18.2 Å². The van der Waals surface area contributed by atoms with Crippen molar-refractivity contribution in [2.45, 2.75) is 13.1 Å². The molecule has 1 N–H and O–H groups in total. The Labute approximate surface area is 99.9 Å². The lowest BCUT2D eigenvalue weighted by Gasteiger charge is -2.11. The summed E-state index contributed by atoms with van der Waals surface area (Å²) in [5.74, 6) is -2.18. The van der Waals surface area contributed by atoms with Gasteiger partial charge in [-0.15, -0.1) is 0 Å². The molecular formula is C11H9F4N3. The number of nitrogens with zero attached hydrogens (tertiary/aromatic N) is 2. The van der Waals surface area contributed by atoms with E-state index in [4.69, 9.17) is 0 Å². The van der Waals surface area contributed by atoms with Gasteiger partial charge in [-0.05, 0) is 19.1 Å². The van der Waals surface area contributed by atoms with Crippen LogP contribution in [0.2, 0.25) is 0 Å². The first-order valence-corrected chi connectivity index (χ1v) is 5.21. The minimum absolute atomic E-state index is 0.0191. The van der Waals surface area contributed by atoms with E-state index in [0.717, 1.165) is 6.07 Å². The van der Waals surface area contributed by atoms with E-state index in [9.17, 15) is 17.6 Å². The molecule has 2 rings (SSSR count). The van der Waals surface area contributed by atoms with E-state index in [1.807, 2.05) is 0 Å². The van der Waals surface area contributed by atoms with E-state index in [2.05, 4.69) is 15.3 Å². The van der Waals surface area contributed by atoms with Gasteiger partial charge in [0, 0.05) is 11.9 Å². The van der Waals surface area contributed by atoms with Crippen LogP contribution in [0, 0.1) is 5.82 Å². The Morgan fingerprint density at radius 2 is 1.94 bits per heavy atom. The molecule has 0 unspecified atom stereocenters. The van der Waals surface area contributed by atoms with Crippen molar-refractivity contribution in [1.82, 2.24) is 9.97 Å². The molecule has 0 radical (unpaired) electrons. The molecule has 0 saturated heterocycles. The Balaban J connectivity index is 2.75. The van der Waals surface area contributed by atoms with Crippen LogP contribution in [-0.2, 0) is 6.18 Å². The van der Waals surface area contributed by atoms with Crippen LogP contribution in [0.4, 0.5) is 23.4 Å². The number of anilines is 1. The van der Waals surface area contributed by atoms with Crippen LogP contribution < -0.4 is 5.32 Å². The summed E-state index contributed by atoms with van der Waals surface area (Å²) in [5, 5.41) is 2.90. The van der Waals surface area contributed by atoms with Crippen molar-refractivity contribution in [3.63, 3.8) is 0 Å². The van der Waals surface area contributed by atoms with Gasteiger partial charge in [-0.3, -0.25) is 0 Å². The average molecular weight is 259 g/mol. The Hall–Kier alpha value is -1.92. The molecule has 96 valence electrons. The Morgan fingerprint density at radius 3 is 2.56 bits per heavy atom. The maximum absolute atomic E-state index is 13.5. The molecular weight excluding hydrogens is 250 g/mol. The number of benzene rings is 1. The maximum atomic E-state index is 13.5. The van der Waals surface area contributed by atoms with Gasteiger partial charge in [-0.2, -0.15) is 13.2 Å². The number of fused-ring (bicyclic) bond motifs is 1. The zero-order valence-electron chi connectivity index (χ0n) is 9.35. The van der Waals surface area contributed by atoms with E-state index in [0.29, 0.717) is 6.54 Å². The number of nitrogens with one attached hydrogen (secondary N) is 1. The molecule has 0 bridgehead atoms. The van der Waals surface area contributed by atoms with E-state index in [1.54, 1.807) is 6.92 Å². The summed E-state index contributed by atoms with van der Waals surface area (Å²) >= 11 is 0. The van der Waals surface area contributed by atoms with Gasteiger partial charge >= 0.3 is 6.18 Å². The molecule has 1 aromatic heterocycles. The van der Waals surface area contributed by atoms with E-state index in [1.165, 1.54) is 12.1 Å². The highest BCUT2D eigenvalue weighted by atomic mass is 19.4. The second kappa shape index (κ2) is 4.40. The third-order valence-corrected chi connectivity index (χ3v) is 2.28. The Kier molecular flexibility index (Phi) is 3.06. The van der Waals surface area contributed by atoms with Crippen LogP contribution >= 0.6 is 0 Å². The highest BCUT2D eigenvalue weighted by Crippen LogP contribution is 2.30. The van der Waals surface area contributed by atoms with Crippen molar-refractivity contribution in [1.29, 1.82) is 0 Å². The standard InChI is InChI=1S/C11H9F4N3/c1-2-16-9-6-4-3-5-7(12)8(6)17-10(18-9)11(13,14)15/h3-5H,2H2,1H3,(H,16,17,18). The monoisotopic (exact) mass is 259 g/mol. The van der Waals surface area contributed by atoms with Crippen molar-refractivity contribution in [2.75, 3.05) is 11.9 Å². The molecule has 0 aliphatic heterocycles. The highest BCUT2D eigenvalue weighted by Gasteiger charge is 2.35. The summed E-state index contributed by atoms with van der Waals surface area (Å²) in [6.07, 6.45) is -4.71. The zero-order chi connectivity index (χ0) is 13.3. The first-order chi connectivity index (χ1) is 8.43. The first kappa shape index (κ1) is 12.5. The Morgan fingerprint density at radius 1 is 1.22 bits per heavy atom. The molecule has 7 heteroatoms. The van der Waals surface area contributed by atoms with Crippen molar-refractivity contribution in [3.8, 4) is 0 Å². The smallest absolute Gasteiger partial charge is 0.370 e. The van der Waals surface area contributed by atoms with Gasteiger partial charge in [0.05, 0.1) is 0 Å². The summed E-state index contributed by atoms with van der Waals surface area (Å²) in [7, 11) is 0. The van der Waals surface area contributed by atoms with Crippen molar-refractivity contribution >= 4 is 16.7 Å². The molecule has 2 aromatic rings. The molecule has 0 saturated carbocycles. The zero-order valence-corrected chi connectivity index (χ0v) is 9.35. The van der Waals surface area contributed by atoms with Crippen molar-refractivity contribution in [3.05, 3.63) is 29.8 Å². The van der Waals surface area contributed by atoms with Gasteiger partial charge in [0.15, 0.2) is 0 Å². The fourth-order valence-corrected chi connectivity index (χ4v) is 1.55. The predicted molar refractivity (Wildman–Crippen MR) is 58.7 cm³/mol. The number of hydrogen-bond acceptors (Lipinski definition) is 3. The minimum atomic E-state index is -4.71. The molecule has 0 spiro atoms. The van der Waals surface area contributed by atoms with Gasteiger partial charge in [0.25, 0.3) is 0 Å². The van der Waals surface area contributed by atoms with Crippen LogP contribution in [0.5, 0.6) is 0 Å². The molecule has 3 nitrogen and oxygen atoms in total. The fourth-order valence-electron chi connectivity index (χ4n) is 1.55. The highest BCUT2D eigenvalue weighted by molar-refractivity contribution is 5.89.